The average Bonchev–Trinajstić information content (AvgIpc) is 2.56. The van der Waals surface area contributed by atoms with Crippen molar-refractivity contribution in [2.45, 2.75) is 19.4 Å². The second kappa shape index (κ2) is 8.11. The van der Waals surface area contributed by atoms with Crippen molar-refractivity contribution in [1.82, 2.24) is 5.32 Å². The molecule has 0 saturated carbocycles. The van der Waals surface area contributed by atoms with E-state index in [9.17, 15) is 17.6 Å². The number of carbonyl (C=O) groups excluding carboxylic acids is 1. The van der Waals surface area contributed by atoms with Gasteiger partial charge in [0.1, 0.15) is 11.9 Å². The maximum Gasteiger partial charge on any atom is 0.243 e. The normalized spacial score (nSPS) is 12.4. The zero-order valence-electron chi connectivity index (χ0n) is 14.1. The predicted octanol–water partition coefficient (Wildman–Crippen LogP) is 2.34. The van der Waals surface area contributed by atoms with Crippen molar-refractivity contribution >= 4 is 21.6 Å². The van der Waals surface area contributed by atoms with E-state index in [4.69, 9.17) is 0 Å². The molecule has 0 unspecified atom stereocenters. The second-order valence-corrected chi connectivity index (χ2v) is 7.57. The summed E-state index contributed by atoms with van der Waals surface area (Å²) < 4.78 is 39.0. The van der Waals surface area contributed by atoms with Crippen LogP contribution in [0.2, 0.25) is 0 Å². The summed E-state index contributed by atoms with van der Waals surface area (Å²) in [6.45, 7) is 1.80. The number of nitrogens with zero attached hydrogens (tertiary/aromatic N) is 1. The van der Waals surface area contributed by atoms with Crippen LogP contribution in [-0.2, 0) is 21.2 Å². The number of para-hydroxylation sites is 1. The van der Waals surface area contributed by atoms with Crippen LogP contribution in [0.15, 0.2) is 54.6 Å². The Balaban J connectivity index is 2.10. The maximum atomic E-state index is 14.0. The van der Waals surface area contributed by atoms with Crippen molar-refractivity contribution in [3.8, 4) is 0 Å². The Morgan fingerprint density at radius 2 is 1.72 bits per heavy atom. The van der Waals surface area contributed by atoms with E-state index >= 15 is 0 Å². The topological polar surface area (TPSA) is 66.5 Å². The van der Waals surface area contributed by atoms with Crippen LogP contribution in [0.1, 0.15) is 12.5 Å². The monoisotopic (exact) mass is 364 g/mol. The highest BCUT2D eigenvalue weighted by Crippen LogP contribution is 2.23. The number of anilines is 1. The number of hydrogen-bond donors (Lipinski definition) is 1. The number of hydrogen-bond acceptors (Lipinski definition) is 3. The van der Waals surface area contributed by atoms with Crippen LogP contribution in [0.5, 0.6) is 0 Å². The highest BCUT2D eigenvalue weighted by Gasteiger charge is 2.30. The van der Waals surface area contributed by atoms with Crippen LogP contribution < -0.4 is 9.62 Å². The molecule has 1 amide bonds. The fourth-order valence-corrected chi connectivity index (χ4v) is 3.71. The van der Waals surface area contributed by atoms with Crippen molar-refractivity contribution in [1.29, 1.82) is 0 Å². The molecule has 134 valence electrons. The zero-order chi connectivity index (χ0) is 18.4. The van der Waals surface area contributed by atoms with Crippen LogP contribution in [0.3, 0.4) is 0 Å². The van der Waals surface area contributed by atoms with Gasteiger partial charge in [-0.05, 0) is 31.0 Å². The first-order chi connectivity index (χ1) is 11.8. The molecule has 0 radical (unpaired) electrons. The Morgan fingerprint density at radius 1 is 1.12 bits per heavy atom. The van der Waals surface area contributed by atoms with Gasteiger partial charge in [0.15, 0.2) is 0 Å². The summed E-state index contributed by atoms with van der Waals surface area (Å²) in [5, 5.41) is 2.71. The Labute approximate surface area is 147 Å². The Morgan fingerprint density at radius 3 is 2.32 bits per heavy atom. The van der Waals surface area contributed by atoms with Crippen molar-refractivity contribution in [2.24, 2.45) is 0 Å². The molecule has 25 heavy (non-hydrogen) atoms. The van der Waals surface area contributed by atoms with Gasteiger partial charge in [-0.25, -0.2) is 12.8 Å². The van der Waals surface area contributed by atoms with E-state index in [0.717, 1.165) is 22.2 Å². The quantitative estimate of drug-likeness (QED) is 0.820. The number of nitrogens with one attached hydrogen (secondary N) is 1. The fraction of sp³-hybridized carbons (Fsp3) is 0.278. The third-order valence-electron chi connectivity index (χ3n) is 3.73. The lowest BCUT2D eigenvalue weighted by molar-refractivity contribution is -0.121. The molecule has 0 spiro atoms. The molecule has 2 aromatic carbocycles. The van der Waals surface area contributed by atoms with Crippen LogP contribution in [0.25, 0.3) is 0 Å². The van der Waals surface area contributed by atoms with Gasteiger partial charge in [-0.3, -0.25) is 9.10 Å². The van der Waals surface area contributed by atoms with E-state index in [0.29, 0.717) is 13.0 Å². The highest BCUT2D eigenvalue weighted by molar-refractivity contribution is 7.92. The van der Waals surface area contributed by atoms with Gasteiger partial charge in [-0.1, -0.05) is 42.5 Å². The third-order valence-corrected chi connectivity index (χ3v) is 4.96. The van der Waals surface area contributed by atoms with E-state index in [1.165, 1.54) is 25.1 Å². The van der Waals surface area contributed by atoms with Crippen LogP contribution in [0.4, 0.5) is 10.1 Å². The Bertz CT molecular complexity index is 825. The summed E-state index contributed by atoms with van der Waals surface area (Å²) in [7, 11) is -3.83. The molecule has 0 bridgehead atoms. The third kappa shape index (κ3) is 5.03. The summed E-state index contributed by atoms with van der Waals surface area (Å²) in [6, 6.07) is 14.0. The number of benzene rings is 2. The van der Waals surface area contributed by atoms with Crippen LogP contribution in [0, 0.1) is 5.82 Å². The minimum Gasteiger partial charge on any atom is -0.354 e. The number of rotatable bonds is 7. The molecule has 1 N–H and O–H groups in total. The first kappa shape index (κ1) is 18.9. The second-order valence-electron chi connectivity index (χ2n) is 5.71. The van der Waals surface area contributed by atoms with Gasteiger partial charge in [-0.2, -0.15) is 0 Å². The molecule has 7 heteroatoms. The molecule has 5 nitrogen and oxygen atoms in total. The van der Waals surface area contributed by atoms with Gasteiger partial charge in [0.05, 0.1) is 11.9 Å². The lowest BCUT2D eigenvalue weighted by Crippen LogP contribution is -2.48. The minimum atomic E-state index is -3.83. The van der Waals surface area contributed by atoms with Crippen molar-refractivity contribution in [3.05, 3.63) is 66.0 Å². The SMILES string of the molecule is C[C@@H](C(=O)NCCc1ccccc1)N(c1ccccc1F)S(C)(=O)=O. The van der Waals surface area contributed by atoms with Gasteiger partial charge < -0.3 is 5.32 Å². The van der Waals surface area contributed by atoms with Gasteiger partial charge >= 0.3 is 0 Å². The molecule has 0 aliphatic rings. The standard InChI is InChI=1S/C18H21FN2O3S/c1-14(18(22)20-13-12-15-8-4-3-5-9-15)21(25(2,23)24)17-11-7-6-10-16(17)19/h3-11,14H,12-13H2,1-2H3,(H,20,22)/t14-/m0/s1. The highest BCUT2D eigenvalue weighted by atomic mass is 32.2. The van der Waals surface area contributed by atoms with E-state index < -0.39 is 27.8 Å². The van der Waals surface area contributed by atoms with E-state index in [1.54, 1.807) is 0 Å². The molecule has 2 rings (SSSR count). The number of sulfonamides is 1. The van der Waals surface area contributed by atoms with Crippen molar-refractivity contribution < 1.29 is 17.6 Å². The Hall–Kier alpha value is -2.41. The zero-order valence-corrected chi connectivity index (χ0v) is 15.0. The van der Waals surface area contributed by atoms with Crippen LogP contribution in [-0.4, -0.2) is 33.2 Å². The van der Waals surface area contributed by atoms with Gasteiger partial charge in [-0.15, -0.1) is 0 Å². The molecular formula is C18H21FN2O3S. The largest absolute Gasteiger partial charge is 0.354 e. The molecule has 0 heterocycles. The molecular weight excluding hydrogens is 343 g/mol. The van der Waals surface area contributed by atoms with Gasteiger partial charge in [0, 0.05) is 6.54 Å². The van der Waals surface area contributed by atoms with E-state index in [1.807, 2.05) is 30.3 Å². The lowest BCUT2D eigenvalue weighted by atomic mass is 10.1. The van der Waals surface area contributed by atoms with Gasteiger partial charge in [0.25, 0.3) is 0 Å². The summed E-state index contributed by atoms with van der Waals surface area (Å²) in [4.78, 5) is 12.4. The molecule has 0 aromatic heterocycles. The van der Waals surface area contributed by atoms with E-state index in [2.05, 4.69) is 5.32 Å². The molecule has 0 aliphatic carbocycles. The maximum absolute atomic E-state index is 14.0. The minimum absolute atomic E-state index is 0.143. The summed E-state index contributed by atoms with van der Waals surface area (Å²) in [5.41, 5.74) is 0.917. The first-order valence-corrected chi connectivity index (χ1v) is 9.71. The number of carbonyl (C=O) groups is 1. The Kier molecular flexibility index (Phi) is 6.14. The molecule has 0 aliphatic heterocycles. The molecule has 2 aromatic rings. The predicted molar refractivity (Wildman–Crippen MR) is 96.3 cm³/mol. The number of amides is 1. The smallest absolute Gasteiger partial charge is 0.243 e. The summed E-state index contributed by atoms with van der Waals surface area (Å²) >= 11 is 0. The average molecular weight is 364 g/mol. The van der Waals surface area contributed by atoms with Crippen LogP contribution >= 0.6 is 0 Å². The van der Waals surface area contributed by atoms with Crippen molar-refractivity contribution in [3.63, 3.8) is 0 Å². The molecule has 1 atom stereocenters. The molecule has 0 fully saturated rings. The van der Waals surface area contributed by atoms with Crippen molar-refractivity contribution in [2.75, 3.05) is 17.1 Å². The summed E-state index contributed by atoms with van der Waals surface area (Å²) in [5.74, 6) is -1.18. The summed E-state index contributed by atoms with van der Waals surface area (Å²) in [6.07, 6.45) is 1.57. The van der Waals surface area contributed by atoms with Gasteiger partial charge in [0.2, 0.25) is 15.9 Å². The molecule has 0 saturated heterocycles. The van der Waals surface area contributed by atoms with E-state index in [-0.39, 0.29) is 5.69 Å². The lowest BCUT2D eigenvalue weighted by Gasteiger charge is -2.28. The number of halogens is 1. The first-order valence-electron chi connectivity index (χ1n) is 7.86. The fourth-order valence-electron chi connectivity index (χ4n) is 2.53.